The number of nitrogens with one attached hydrogen (secondary N) is 2. The van der Waals surface area contributed by atoms with Crippen LogP contribution in [0.15, 0.2) is 27.4 Å². The summed E-state index contributed by atoms with van der Waals surface area (Å²) in [5, 5.41) is 17.0. The van der Waals surface area contributed by atoms with Crippen molar-refractivity contribution >= 4 is 35.1 Å². The fourth-order valence-electron chi connectivity index (χ4n) is 3.24. The average molecular weight is 399 g/mol. The lowest BCUT2D eigenvalue weighted by molar-refractivity contribution is -0.384. The van der Waals surface area contributed by atoms with E-state index in [4.69, 9.17) is 4.42 Å². The van der Waals surface area contributed by atoms with E-state index in [0.29, 0.717) is 37.4 Å². The number of rotatable bonds is 8. The van der Waals surface area contributed by atoms with E-state index in [1.165, 1.54) is 22.8 Å². The maximum atomic E-state index is 11.9. The molecule has 0 spiro atoms. The summed E-state index contributed by atoms with van der Waals surface area (Å²) in [6.07, 6.45) is 2.94. The molecule has 1 amide bonds. The third kappa shape index (κ3) is 5.30. The molecule has 27 heavy (non-hydrogen) atoms. The van der Waals surface area contributed by atoms with Crippen molar-refractivity contribution < 1.29 is 14.1 Å². The molecule has 2 N–H and O–H groups in total. The molecule has 148 valence electrons. The molecule has 2 aromatic rings. The number of nitrogens with zero attached hydrogens (tertiary/aromatic N) is 2. The van der Waals surface area contributed by atoms with Gasteiger partial charge in [-0.3, -0.25) is 19.5 Å². The second-order valence-electron chi connectivity index (χ2n) is 6.53. The van der Waals surface area contributed by atoms with E-state index < -0.39 is 10.7 Å². The third-order valence-corrected chi connectivity index (χ3v) is 4.69. The van der Waals surface area contributed by atoms with Gasteiger partial charge in [-0.15, -0.1) is 12.4 Å². The molecule has 0 aliphatic carbocycles. The normalized spacial score (nSPS) is 16.2. The Morgan fingerprint density at radius 1 is 1.44 bits per heavy atom. The van der Waals surface area contributed by atoms with Gasteiger partial charge < -0.3 is 15.1 Å². The molecule has 9 nitrogen and oxygen atoms in total. The zero-order valence-corrected chi connectivity index (χ0v) is 15.6. The van der Waals surface area contributed by atoms with Crippen LogP contribution in [0.5, 0.6) is 0 Å². The van der Waals surface area contributed by atoms with Gasteiger partial charge in [-0.2, -0.15) is 0 Å². The number of benzene rings is 1. The Bertz CT molecular complexity index is 857. The first kappa shape index (κ1) is 20.9. The van der Waals surface area contributed by atoms with Crippen molar-refractivity contribution in [2.75, 3.05) is 19.6 Å². The van der Waals surface area contributed by atoms with Crippen LogP contribution in [-0.2, 0) is 11.3 Å². The van der Waals surface area contributed by atoms with Gasteiger partial charge in [0.05, 0.1) is 16.5 Å². The lowest BCUT2D eigenvalue weighted by atomic mass is 10.1. The van der Waals surface area contributed by atoms with E-state index in [9.17, 15) is 19.7 Å². The highest BCUT2D eigenvalue weighted by molar-refractivity contribution is 5.85. The van der Waals surface area contributed by atoms with Crippen LogP contribution in [-0.4, -0.2) is 35.0 Å². The van der Waals surface area contributed by atoms with Crippen LogP contribution in [0.25, 0.3) is 11.1 Å². The molecule has 1 fully saturated rings. The maximum absolute atomic E-state index is 11.9. The fraction of sp³-hybridized carbons (Fsp3) is 0.529. The molecule has 1 saturated heterocycles. The summed E-state index contributed by atoms with van der Waals surface area (Å²) in [5.74, 6) is 0.0253. The number of nitro groups is 1. The maximum Gasteiger partial charge on any atom is 0.419 e. The number of nitro benzene ring substituents is 1. The van der Waals surface area contributed by atoms with E-state index >= 15 is 0 Å². The molecule has 1 atom stereocenters. The van der Waals surface area contributed by atoms with Crippen molar-refractivity contribution in [3.63, 3.8) is 0 Å². The minimum absolute atomic E-state index is 0. The highest BCUT2D eigenvalue weighted by Gasteiger charge is 2.15. The Kier molecular flexibility index (Phi) is 7.37. The monoisotopic (exact) mass is 398 g/mol. The number of non-ortho nitro benzene ring substituents is 1. The minimum Gasteiger partial charge on any atom is -0.407 e. The minimum atomic E-state index is -0.574. The van der Waals surface area contributed by atoms with Crippen LogP contribution in [0, 0.1) is 16.0 Å². The van der Waals surface area contributed by atoms with Gasteiger partial charge in [0.2, 0.25) is 5.91 Å². The van der Waals surface area contributed by atoms with Gasteiger partial charge in [0, 0.05) is 25.6 Å². The molecule has 1 aliphatic heterocycles. The number of halogens is 1. The summed E-state index contributed by atoms with van der Waals surface area (Å²) in [4.78, 5) is 34.1. The van der Waals surface area contributed by atoms with Crippen molar-refractivity contribution in [3.8, 4) is 0 Å². The Hall–Kier alpha value is -2.39. The van der Waals surface area contributed by atoms with Gasteiger partial charge in [-0.1, -0.05) is 0 Å². The van der Waals surface area contributed by atoms with Crippen molar-refractivity contribution in [3.05, 3.63) is 38.9 Å². The number of aromatic nitrogens is 1. The molecule has 10 heteroatoms. The molecule has 1 aromatic carbocycles. The molecule has 1 aliphatic rings. The molecular weight excluding hydrogens is 376 g/mol. The molecule has 2 heterocycles. The summed E-state index contributed by atoms with van der Waals surface area (Å²) >= 11 is 0. The lowest BCUT2D eigenvalue weighted by Gasteiger charge is -2.09. The predicted molar refractivity (Wildman–Crippen MR) is 102 cm³/mol. The number of fused-ring (bicyclic) bond motifs is 1. The number of aryl methyl sites for hydroxylation is 1. The topological polar surface area (TPSA) is 119 Å². The molecular formula is C17H23ClN4O5. The standard InChI is InChI=1S/C17H22N4O5.ClH/c22-16(19-8-6-12-5-7-18-11-12)2-1-9-20-14-4-3-13(21(24)25)10-15(14)26-17(20)23;/h3-4,10,12,18H,1-2,5-9,11H2,(H,19,22);1H. The summed E-state index contributed by atoms with van der Waals surface area (Å²) in [6.45, 7) is 3.06. The zero-order valence-electron chi connectivity index (χ0n) is 14.8. The first-order valence-corrected chi connectivity index (χ1v) is 8.80. The summed E-state index contributed by atoms with van der Waals surface area (Å²) < 4.78 is 6.47. The summed E-state index contributed by atoms with van der Waals surface area (Å²) in [6, 6.07) is 4.06. The second kappa shape index (κ2) is 9.52. The van der Waals surface area contributed by atoms with Gasteiger partial charge in [-0.05, 0) is 44.3 Å². The van der Waals surface area contributed by atoms with Crippen LogP contribution in [0.4, 0.5) is 5.69 Å². The quantitative estimate of drug-likeness (QED) is 0.517. The number of hydrogen-bond donors (Lipinski definition) is 2. The van der Waals surface area contributed by atoms with E-state index in [1.54, 1.807) is 0 Å². The van der Waals surface area contributed by atoms with E-state index in [0.717, 1.165) is 25.9 Å². The number of oxazole rings is 1. The molecule has 1 unspecified atom stereocenters. The SMILES string of the molecule is Cl.O=C(CCCn1c(=O)oc2cc([N+](=O)[O-])ccc21)NCCC1CCNC1. The van der Waals surface area contributed by atoms with E-state index in [-0.39, 0.29) is 29.6 Å². The second-order valence-corrected chi connectivity index (χ2v) is 6.53. The Balaban J connectivity index is 0.00000261. The average Bonchev–Trinajstić information content (AvgIpc) is 3.22. The number of carbonyl (C=O) groups excluding carboxylic acids is 1. The van der Waals surface area contributed by atoms with E-state index in [1.807, 2.05) is 0 Å². The highest BCUT2D eigenvalue weighted by atomic mass is 35.5. The first-order chi connectivity index (χ1) is 12.5. The largest absolute Gasteiger partial charge is 0.419 e. The predicted octanol–water partition coefficient (Wildman–Crippen LogP) is 1.82. The molecule has 1 aromatic heterocycles. The molecule has 3 rings (SSSR count). The molecule has 0 saturated carbocycles. The van der Waals surface area contributed by atoms with Crippen molar-refractivity contribution in [2.45, 2.75) is 32.2 Å². The summed E-state index contributed by atoms with van der Waals surface area (Å²) in [5.41, 5.74) is 0.545. The Labute approximate surface area is 161 Å². The van der Waals surface area contributed by atoms with Crippen LogP contribution in [0.1, 0.15) is 25.7 Å². The van der Waals surface area contributed by atoms with Crippen LogP contribution >= 0.6 is 12.4 Å². The van der Waals surface area contributed by atoms with Gasteiger partial charge in [0.25, 0.3) is 5.69 Å². The van der Waals surface area contributed by atoms with Crippen LogP contribution in [0.2, 0.25) is 0 Å². The van der Waals surface area contributed by atoms with Gasteiger partial charge >= 0.3 is 5.76 Å². The third-order valence-electron chi connectivity index (χ3n) is 4.69. The smallest absolute Gasteiger partial charge is 0.407 e. The Morgan fingerprint density at radius 3 is 2.96 bits per heavy atom. The number of hydrogen-bond acceptors (Lipinski definition) is 6. The number of carbonyl (C=O) groups is 1. The van der Waals surface area contributed by atoms with Crippen molar-refractivity contribution in [2.24, 2.45) is 5.92 Å². The highest BCUT2D eigenvalue weighted by Crippen LogP contribution is 2.20. The zero-order chi connectivity index (χ0) is 18.5. The lowest BCUT2D eigenvalue weighted by Crippen LogP contribution is -2.26. The van der Waals surface area contributed by atoms with Gasteiger partial charge in [0.1, 0.15) is 0 Å². The van der Waals surface area contributed by atoms with Crippen molar-refractivity contribution in [1.29, 1.82) is 0 Å². The first-order valence-electron chi connectivity index (χ1n) is 8.80. The molecule has 0 bridgehead atoms. The molecule has 0 radical (unpaired) electrons. The van der Waals surface area contributed by atoms with Crippen LogP contribution < -0.4 is 16.4 Å². The Morgan fingerprint density at radius 2 is 2.26 bits per heavy atom. The van der Waals surface area contributed by atoms with Crippen molar-refractivity contribution in [1.82, 2.24) is 15.2 Å². The summed E-state index contributed by atoms with van der Waals surface area (Å²) in [7, 11) is 0. The van der Waals surface area contributed by atoms with E-state index in [2.05, 4.69) is 10.6 Å². The number of amides is 1. The van der Waals surface area contributed by atoms with Gasteiger partial charge in [0.15, 0.2) is 5.58 Å². The van der Waals surface area contributed by atoms with Gasteiger partial charge in [-0.25, -0.2) is 4.79 Å². The fourth-order valence-corrected chi connectivity index (χ4v) is 3.24. The van der Waals surface area contributed by atoms with Crippen LogP contribution in [0.3, 0.4) is 0 Å².